The van der Waals surface area contributed by atoms with Crippen molar-refractivity contribution in [3.63, 3.8) is 0 Å². The lowest BCUT2D eigenvalue weighted by Gasteiger charge is -2.10. The lowest BCUT2D eigenvalue weighted by molar-refractivity contribution is 0.0693. The number of rotatable bonds is 6. The molecule has 3 aromatic rings. The monoisotopic (exact) mass is 366 g/mol. The van der Waals surface area contributed by atoms with Crippen LogP contribution in [0.5, 0.6) is 5.75 Å². The van der Waals surface area contributed by atoms with Crippen LogP contribution in [0, 0.1) is 12.7 Å². The van der Waals surface area contributed by atoms with Gasteiger partial charge in [-0.2, -0.15) is 0 Å². The van der Waals surface area contributed by atoms with Crippen molar-refractivity contribution in [1.82, 2.24) is 4.98 Å². The fourth-order valence-electron chi connectivity index (χ4n) is 2.73. The van der Waals surface area contributed by atoms with Gasteiger partial charge in [0.05, 0.1) is 7.11 Å². The van der Waals surface area contributed by atoms with Crippen molar-refractivity contribution in [2.75, 3.05) is 12.4 Å². The topological polar surface area (TPSA) is 71.5 Å². The molecule has 5 nitrogen and oxygen atoms in total. The maximum atomic E-state index is 13.3. The van der Waals surface area contributed by atoms with Gasteiger partial charge in [-0.25, -0.2) is 14.2 Å². The zero-order valence-electron chi connectivity index (χ0n) is 15.0. The molecular formula is C21H19FN2O3. The number of hydrogen-bond donors (Lipinski definition) is 2. The Labute approximate surface area is 156 Å². The maximum absolute atomic E-state index is 13.3. The van der Waals surface area contributed by atoms with Crippen molar-refractivity contribution in [2.45, 2.75) is 13.5 Å². The van der Waals surface area contributed by atoms with Crippen LogP contribution in [-0.2, 0) is 6.54 Å². The van der Waals surface area contributed by atoms with Crippen molar-refractivity contribution < 1.29 is 19.0 Å². The molecule has 0 radical (unpaired) electrons. The number of hydrogen-bond acceptors (Lipinski definition) is 4. The third-order valence-electron chi connectivity index (χ3n) is 4.22. The fourth-order valence-corrected chi connectivity index (χ4v) is 2.73. The van der Waals surface area contributed by atoms with E-state index in [1.165, 1.54) is 13.2 Å². The minimum Gasteiger partial charge on any atom is -0.496 e. The first-order valence-electron chi connectivity index (χ1n) is 8.34. The Bertz CT molecular complexity index is 972. The maximum Gasteiger partial charge on any atom is 0.339 e. The Morgan fingerprint density at radius 2 is 1.93 bits per heavy atom. The summed E-state index contributed by atoms with van der Waals surface area (Å²) in [5.74, 6) is -0.282. The highest BCUT2D eigenvalue weighted by Gasteiger charge is 2.12. The van der Waals surface area contributed by atoms with Crippen LogP contribution in [0.2, 0.25) is 0 Å². The summed E-state index contributed by atoms with van der Waals surface area (Å²) < 4.78 is 18.4. The highest BCUT2D eigenvalue weighted by molar-refractivity contribution is 5.92. The molecule has 1 heterocycles. The zero-order valence-corrected chi connectivity index (χ0v) is 15.0. The van der Waals surface area contributed by atoms with E-state index in [9.17, 15) is 14.3 Å². The van der Waals surface area contributed by atoms with Gasteiger partial charge in [-0.15, -0.1) is 0 Å². The van der Waals surface area contributed by atoms with E-state index in [4.69, 9.17) is 4.74 Å². The summed E-state index contributed by atoms with van der Waals surface area (Å²) in [6.45, 7) is 2.26. The normalized spacial score (nSPS) is 10.5. The van der Waals surface area contributed by atoms with Gasteiger partial charge in [0.1, 0.15) is 22.9 Å². The van der Waals surface area contributed by atoms with E-state index in [-0.39, 0.29) is 11.4 Å². The number of aromatic nitrogens is 1. The number of nitrogens with zero attached hydrogens (tertiary/aromatic N) is 1. The van der Waals surface area contributed by atoms with Crippen LogP contribution in [0.3, 0.4) is 0 Å². The van der Waals surface area contributed by atoms with Gasteiger partial charge in [0.15, 0.2) is 0 Å². The second-order valence-electron chi connectivity index (χ2n) is 6.09. The predicted octanol–water partition coefficient (Wildman–Crippen LogP) is 4.52. The molecule has 0 atom stereocenters. The average molecular weight is 366 g/mol. The van der Waals surface area contributed by atoms with Crippen molar-refractivity contribution in [3.05, 3.63) is 77.2 Å². The van der Waals surface area contributed by atoms with Gasteiger partial charge in [0, 0.05) is 18.3 Å². The summed E-state index contributed by atoms with van der Waals surface area (Å²) >= 11 is 0. The Kier molecular flexibility index (Phi) is 5.35. The van der Waals surface area contributed by atoms with E-state index in [2.05, 4.69) is 10.3 Å². The minimum absolute atomic E-state index is 0.101. The van der Waals surface area contributed by atoms with Crippen LogP contribution in [0.15, 0.2) is 54.7 Å². The second-order valence-corrected chi connectivity index (χ2v) is 6.09. The number of ether oxygens (including phenoxy) is 1. The Morgan fingerprint density at radius 3 is 2.56 bits per heavy atom. The summed E-state index contributed by atoms with van der Waals surface area (Å²) in [5, 5.41) is 12.5. The van der Waals surface area contributed by atoms with Crippen LogP contribution in [0.4, 0.5) is 10.2 Å². The van der Waals surface area contributed by atoms with Gasteiger partial charge in [-0.05, 0) is 53.9 Å². The number of aryl methyl sites for hydroxylation is 1. The molecule has 0 spiro atoms. The molecule has 2 aromatic carbocycles. The first-order valence-corrected chi connectivity index (χ1v) is 8.34. The number of pyridine rings is 1. The van der Waals surface area contributed by atoms with E-state index in [0.717, 1.165) is 16.7 Å². The Hall–Kier alpha value is -3.41. The highest BCUT2D eigenvalue weighted by Crippen LogP contribution is 2.27. The Balaban J connectivity index is 1.74. The van der Waals surface area contributed by atoms with E-state index >= 15 is 0 Å². The van der Waals surface area contributed by atoms with Gasteiger partial charge < -0.3 is 15.2 Å². The van der Waals surface area contributed by atoms with Crippen LogP contribution in [0.1, 0.15) is 21.5 Å². The molecule has 1 aromatic heterocycles. The molecule has 0 aliphatic carbocycles. The smallest absolute Gasteiger partial charge is 0.339 e. The van der Waals surface area contributed by atoms with Crippen molar-refractivity contribution in [3.8, 4) is 16.9 Å². The van der Waals surface area contributed by atoms with E-state index in [1.54, 1.807) is 43.5 Å². The number of anilines is 1. The molecule has 0 unspecified atom stereocenters. The molecule has 6 heteroatoms. The molecule has 0 aliphatic heterocycles. The summed E-state index contributed by atoms with van der Waals surface area (Å²) in [5.41, 5.74) is 3.20. The molecular weight excluding hydrogens is 347 g/mol. The van der Waals surface area contributed by atoms with Gasteiger partial charge in [0.2, 0.25) is 0 Å². The quantitative estimate of drug-likeness (QED) is 0.671. The lowest BCUT2D eigenvalue weighted by atomic mass is 10.0. The molecule has 2 N–H and O–H groups in total. The minimum atomic E-state index is -1.05. The van der Waals surface area contributed by atoms with Crippen molar-refractivity contribution in [2.24, 2.45) is 0 Å². The third kappa shape index (κ3) is 4.23. The van der Waals surface area contributed by atoms with Gasteiger partial charge in [-0.3, -0.25) is 0 Å². The molecule has 0 saturated carbocycles. The first kappa shape index (κ1) is 18.4. The number of carboxylic acid groups (broad SMARTS) is 1. The summed E-state index contributed by atoms with van der Waals surface area (Å²) in [6, 6.07) is 13.6. The van der Waals surface area contributed by atoms with Gasteiger partial charge in [0.25, 0.3) is 0 Å². The largest absolute Gasteiger partial charge is 0.496 e. The number of carboxylic acids is 1. The SMILES string of the molecule is COc1ccc(-c2ccc(NCc3ccc(F)c(C)c3)nc2)cc1C(=O)O. The molecule has 3 rings (SSSR count). The molecule has 0 aliphatic rings. The van der Waals surface area contributed by atoms with E-state index < -0.39 is 5.97 Å². The van der Waals surface area contributed by atoms with Crippen LogP contribution >= 0.6 is 0 Å². The average Bonchev–Trinajstić information content (AvgIpc) is 2.68. The fraction of sp³-hybridized carbons (Fsp3) is 0.143. The number of halogens is 1. The molecule has 0 saturated heterocycles. The van der Waals surface area contributed by atoms with Crippen LogP contribution < -0.4 is 10.1 Å². The van der Waals surface area contributed by atoms with Crippen LogP contribution in [-0.4, -0.2) is 23.2 Å². The summed E-state index contributed by atoms with van der Waals surface area (Å²) in [4.78, 5) is 15.7. The molecule has 27 heavy (non-hydrogen) atoms. The van der Waals surface area contributed by atoms with Gasteiger partial charge in [-0.1, -0.05) is 18.2 Å². The van der Waals surface area contributed by atoms with Gasteiger partial charge >= 0.3 is 5.97 Å². The van der Waals surface area contributed by atoms with Crippen LogP contribution in [0.25, 0.3) is 11.1 Å². The number of methoxy groups -OCH3 is 1. The predicted molar refractivity (Wildman–Crippen MR) is 102 cm³/mol. The standard InChI is InChI=1S/C21H19FN2O3/c1-13-9-14(3-6-18(13)22)11-23-20-8-5-16(12-24-20)15-4-7-19(27-2)17(10-15)21(25)26/h3-10,12H,11H2,1-2H3,(H,23,24)(H,25,26). The van der Waals surface area contributed by atoms with Crippen molar-refractivity contribution in [1.29, 1.82) is 0 Å². The molecule has 138 valence electrons. The molecule has 0 fully saturated rings. The van der Waals surface area contributed by atoms with E-state index in [1.807, 2.05) is 12.1 Å². The number of carbonyl (C=O) groups is 1. The number of nitrogens with one attached hydrogen (secondary N) is 1. The summed E-state index contributed by atoms with van der Waals surface area (Å²) in [6.07, 6.45) is 1.67. The lowest BCUT2D eigenvalue weighted by Crippen LogP contribution is -2.02. The summed E-state index contributed by atoms with van der Waals surface area (Å²) in [7, 11) is 1.44. The van der Waals surface area contributed by atoms with Crippen molar-refractivity contribution >= 4 is 11.8 Å². The second kappa shape index (κ2) is 7.86. The number of benzene rings is 2. The zero-order chi connectivity index (χ0) is 19.4. The highest BCUT2D eigenvalue weighted by atomic mass is 19.1. The Morgan fingerprint density at radius 1 is 1.15 bits per heavy atom. The number of aromatic carboxylic acids is 1. The third-order valence-corrected chi connectivity index (χ3v) is 4.22. The first-order chi connectivity index (χ1) is 13.0. The molecule has 0 bridgehead atoms. The van der Waals surface area contributed by atoms with E-state index in [0.29, 0.717) is 23.7 Å². The molecule has 0 amide bonds.